The smallest absolute Gasteiger partial charge is 0.282 e. The second-order valence-corrected chi connectivity index (χ2v) is 7.77. The fourth-order valence-electron chi connectivity index (χ4n) is 3.84. The van der Waals surface area contributed by atoms with E-state index in [1.165, 1.54) is 4.90 Å². The van der Waals surface area contributed by atoms with E-state index in [1.807, 2.05) is 37.3 Å². The molecule has 33 heavy (non-hydrogen) atoms. The van der Waals surface area contributed by atoms with Crippen LogP contribution in [0.5, 0.6) is 11.5 Å². The number of rotatable bonds is 7. The number of imide groups is 1. The van der Waals surface area contributed by atoms with Crippen LogP contribution in [0.25, 0.3) is 5.57 Å². The minimum Gasteiger partial charge on any atom is -0.497 e. The molecule has 168 valence electrons. The molecule has 1 aliphatic rings. The van der Waals surface area contributed by atoms with Crippen molar-refractivity contribution < 1.29 is 19.1 Å². The topological polar surface area (TPSA) is 67.9 Å². The Kier molecular flexibility index (Phi) is 6.18. The summed E-state index contributed by atoms with van der Waals surface area (Å²) in [5.41, 5.74) is 4.39. The van der Waals surface area contributed by atoms with Crippen LogP contribution in [0.1, 0.15) is 23.6 Å². The van der Waals surface area contributed by atoms with Gasteiger partial charge in [0.15, 0.2) is 0 Å². The molecule has 0 spiro atoms. The van der Waals surface area contributed by atoms with E-state index in [4.69, 9.17) is 9.47 Å². The zero-order valence-electron chi connectivity index (χ0n) is 19.1. The van der Waals surface area contributed by atoms with Crippen molar-refractivity contribution in [1.82, 2.24) is 0 Å². The highest BCUT2D eigenvalue weighted by molar-refractivity contribution is 6.46. The van der Waals surface area contributed by atoms with E-state index in [0.717, 1.165) is 17.5 Å². The molecule has 6 heteroatoms. The average molecular weight is 443 g/mol. The third kappa shape index (κ3) is 4.20. The first-order chi connectivity index (χ1) is 16.0. The summed E-state index contributed by atoms with van der Waals surface area (Å²) in [6.45, 7) is 4.01. The van der Waals surface area contributed by atoms with E-state index >= 15 is 0 Å². The van der Waals surface area contributed by atoms with Gasteiger partial charge in [-0.2, -0.15) is 0 Å². The van der Waals surface area contributed by atoms with Crippen molar-refractivity contribution in [3.63, 3.8) is 0 Å². The number of methoxy groups -OCH3 is 2. The largest absolute Gasteiger partial charge is 0.497 e. The third-order valence-corrected chi connectivity index (χ3v) is 5.68. The number of amides is 2. The van der Waals surface area contributed by atoms with Crippen LogP contribution >= 0.6 is 0 Å². The van der Waals surface area contributed by atoms with Crippen LogP contribution in [-0.4, -0.2) is 26.0 Å². The van der Waals surface area contributed by atoms with Gasteiger partial charge in [0.2, 0.25) is 0 Å². The van der Waals surface area contributed by atoms with E-state index in [0.29, 0.717) is 34.0 Å². The van der Waals surface area contributed by atoms with Gasteiger partial charge in [-0.25, -0.2) is 4.90 Å². The number of carbonyl (C=O) groups is 2. The number of benzene rings is 3. The Morgan fingerprint density at radius 1 is 0.848 bits per heavy atom. The fourth-order valence-corrected chi connectivity index (χ4v) is 3.84. The molecule has 2 amide bonds. The van der Waals surface area contributed by atoms with Gasteiger partial charge in [0.05, 0.1) is 31.2 Å². The number of ether oxygens (including phenoxy) is 2. The van der Waals surface area contributed by atoms with E-state index < -0.39 is 5.91 Å². The van der Waals surface area contributed by atoms with Crippen LogP contribution in [0, 0.1) is 6.92 Å². The summed E-state index contributed by atoms with van der Waals surface area (Å²) in [5, 5.41) is 3.19. The van der Waals surface area contributed by atoms with Crippen molar-refractivity contribution in [3.8, 4) is 11.5 Å². The Morgan fingerprint density at radius 2 is 1.55 bits per heavy atom. The summed E-state index contributed by atoms with van der Waals surface area (Å²) in [6, 6.07) is 20.2. The molecule has 0 unspecified atom stereocenters. The van der Waals surface area contributed by atoms with Crippen molar-refractivity contribution in [2.75, 3.05) is 24.4 Å². The maximum Gasteiger partial charge on any atom is 0.282 e. The van der Waals surface area contributed by atoms with Crippen LogP contribution < -0.4 is 19.7 Å². The molecule has 0 saturated heterocycles. The maximum atomic E-state index is 13.6. The van der Waals surface area contributed by atoms with Gasteiger partial charge < -0.3 is 14.8 Å². The predicted octanol–water partition coefficient (Wildman–Crippen LogP) is 4.97. The zero-order valence-corrected chi connectivity index (χ0v) is 19.1. The Hall–Kier alpha value is -4.06. The van der Waals surface area contributed by atoms with Gasteiger partial charge in [-0.05, 0) is 66.4 Å². The Morgan fingerprint density at radius 3 is 2.15 bits per heavy atom. The van der Waals surface area contributed by atoms with Crippen LogP contribution in [0.3, 0.4) is 0 Å². The highest BCUT2D eigenvalue weighted by Crippen LogP contribution is 2.36. The second-order valence-electron chi connectivity index (χ2n) is 7.77. The Bertz CT molecular complexity index is 1230. The SMILES string of the molecule is CCc1ccc(N2C(=O)C(Nc3cc(C)ccc3OC)=C(c3ccc(OC)cc3)C2=O)cc1. The number of hydrogen-bond donors (Lipinski definition) is 1. The van der Waals surface area contributed by atoms with Crippen LogP contribution in [0.2, 0.25) is 0 Å². The Balaban J connectivity index is 1.82. The van der Waals surface area contributed by atoms with Crippen LogP contribution in [-0.2, 0) is 16.0 Å². The molecule has 4 rings (SSSR count). The molecule has 1 aliphatic heterocycles. The normalized spacial score (nSPS) is 13.5. The molecule has 6 nitrogen and oxygen atoms in total. The number of aryl methyl sites for hydroxylation is 2. The molecule has 0 fully saturated rings. The second kappa shape index (κ2) is 9.20. The predicted molar refractivity (Wildman–Crippen MR) is 130 cm³/mol. The van der Waals surface area contributed by atoms with Crippen molar-refractivity contribution in [2.45, 2.75) is 20.3 Å². The van der Waals surface area contributed by atoms with Gasteiger partial charge >= 0.3 is 0 Å². The number of anilines is 2. The van der Waals surface area contributed by atoms with Crippen molar-refractivity contribution in [1.29, 1.82) is 0 Å². The van der Waals surface area contributed by atoms with E-state index in [9.17, 15) is 9.59 Å². The summed E-state index contributed by atoms with van der Waals surface area (Å²) in [7, 11) is 3.15. The molecular weight excluding hydrogens is 416 g/mol. The molecule has 3 aromatic rings. The van der Waals surface area contributed by atoms with Gasteiger partial charge in [0.1, 0.15) is 17.2 Å². The minimum atomic E-state index is -0.418. The van der Waals surface area contributed by atoms with E-state index in [1.54, 1.807) is 50.6 Å². The number of hydrogen-bond acceptors (Lipinski definition) is 5. The van der Waals surface area contributed by atoms with Crippen molar-refractivity contribution in [3.05, 3.63) is 89.1 Å². The summed E-state index contributed by atoms with van der Waals surface area (Å²) < 4.78 is 10.7. The monoisotopic (exact) mass is 442 g/mol. The number of nitrogens with zero attached hydrogens (tertiary/aromatic N) is 1. The molecule has 1 N–H and O–H groups in total. The van der Waals surface area contributed by atoms with Gasteiger partial charge in [0, 0.05) is 0 Å². The average Bonchev–Trinajstić information content (AvgIpc) is 3.08. The first-order valence-corrected chi connectivity index (χ1v) is 10.7. The van der Waals surface area contributed by atoms with E-state index in [-0.39, 0.29) is 11.6 Å². The number of nitrogens with one attached hydrogen (secondary N) is 1. The van der Waals surface area contributed by atoms with Gasteiger partial charge in [-0.15, -0.1) is 0 Å². The lowest BCUT2D eigenvalue weighted by Crippen LogP contribution is -2.32. The minimum absolute atomic E-state index is 0.202. The molecule has 0 radical (unpaired) electrons. The maximum absolute atomic E-state index is 13.6. The molecule has 3 aromatic carbocycles. The summed E-state index contributed by atoms with van der Waals surface area (Å²) in [6.07, 6.45) is 0.872. The van der Waals surface area contributed by atoms with Crippen LogP contribution in [0.4, 0.5) is 11.4 Å². The summed E-state index contributed by atoms with van der Waals surface area (Å²) in [4.78, 5) is 28.4. The molecule has 0 aromatic heterocycles. The zero-order chi connectivity index (χ0) is 23.5. The molecule has 0 aliphatic carbocycles. The molecule has 1 heterocycles. The lowest BCUT2D eigenvalue weighted by atomic mass is 10.0. The van der Waals surface area contributed by atoms with Crippen molar-refractivity contribution in [2.24, 2.45) is 0 Å². The first kappa shape index (κ1) is 22.1. The highest BCUT2D eigenvalue weighted by Gasteiger charge is 2.40. The van der Waals surface area contributed by atoms with Gasteiger partial charge in [-0.1, -0.05) is 37.3 Å². The third-order valence-electron chi connectivity index (χ3n) is 5.68. The molecule has 0 bridgehead atoms. The first-order valence-electron chi connectivity index (χ1n) is 10.7. The summed E-state index contributed by atoms with van der Waals surface area (Å²) in [5.74, 6) is 0.438. The standard InChI is InChI=1S/C27H26N2O4/c1-5-18-7-11-20(12-8-18)29-26(30)24(19-9-13-21(32-3)14-10-19)25(27(29)31)28-22-16-17(2)6-15-23(22)33-4/h6-16,28H,5H2,1-4H3. The van der Waals surface area contributed by atoms with Crippen LogP contribution in [0.15, 0.2) is 72.4 Å². The number of carbonyl (C=O) groups excluding carboxylic acids is 2. The molecule has 0 atom stereocenters. The molecule has 0 saturated carbocycles. The van der Waals surface area contributed by atoms with Gasteiger partial charge in [-0.3, -0.25) is 9.59 Å². The van der Waals surface area contributed by atoms with E-state index in [2.05, 4.69) is 12.2 Å². The Labute approximate surface area is 193 Å². The summed E-state index contributed by atoms with van der Waals surface area (Å²) >= 11 is 0. The molecular formula is C27H26N2O4. The lowest BCUT2D eigenvalue weighted by Gasteiger charge is -2.16. The quantitative estimate of drug-likeness (QED) is 0.523. The fraction of sp³-hybridized carbons (Fsp3) is 0.185. The highest BCUT2D eigenvalue weighted by atomic mass is 16.5. The lowest BCUT2D eigenvalue weighted by molar-refractivity contribution is -0.120. The van der Waals surface area contributed by atoms with Crippen molar-refractivity contribution >= 4 is 28.8 Å². The van der Waals surface area contributed by atoms with Gasteiger partial charge in [0.25, 0.3) is 11.8 Å².